The van der Waals surface area contributed by atoms with Crippen LogP contribution < -0.4 is 15.9 Å². The number of amidine groups is 1. The van der Waals surface area contributed by atoms with Gasteiger partial charge in [-0.1, -0.05) is 17.7 Å². The van der Waals surface area contributed by atoms with E-state index >= 15 is 0 Å². The average molecular weight is 306 g/mol. The summed E-state index contributed by atoms with van der Waals surface area (Å²) in [6, 6.07) is 5.04. The number of nitriles is 1. The summed E-state index contributed by atoms with van der Waals surface area (Å²) in [7, 11) is 0. The monoisotopic (exact) mass is 305 g/mol. The van der Waals surface area contributed by atoms with Crippen LogP contribution in [0.4, 0.5) is 18.9 Å². The molecule has 4 N–H and O–H groups in total. The van der Waals surface area contributed by atoms with Crippen LogP contribution in [0.15, 0.2) is 23.3 Å². The minimum atomic E-state index is -4.91. The molecule has 10 heteroatoms. The first-order valence-corrected chi connectivity index (χ1v) is 5.25. The summed E-state index contributed by atoms with van der Waals surface area (Å²) in [5, 5.41) is 18.9. The number of rotatable bonds is 4. The lowest BCUT2D eigenvalue weighted by Gasteiger charge is -2.13. The number of nitrogens with one attached hydrogen (secondary N) is 2. The van der Waals surface area contributed by atoms with Gasteiger partial charge in [0.1, 0.15) is 11.8 Å². The minimum Gasteiger partial charge on any atom is -0.403 e. The Morgan fingerprint density at radius 1 is 1.50 bits per heavy atom. The predicted molar refractivity (Wildman–Crippen MR) is 66.7 cm³/mol. The fraction of sp³-hybridized carbons (Fsp3) is 0.100. The molecule has 0 saturated carbocycles. The summed E-state index contributed by atoms with van der Waals surface area (Å²) in [4.78, 5) is 0. The highest BCUT2D eigenvalue weighted by atomic mass is 35.5. The van der Waals surface area contributed by atoms with E-state index in [4.69, 9.17) is 28.0 Å². The molecule has 106 valence electrons. The van der Waals surface area contributed by atoms with Crippen molar-refractivity contribution in [1.29, 1.82) is 10.7 Å². The lowest BCUT2D eigenvalue weighted by Crippen LogP contribution is -2.22. The van der Waals surface area contributed by atoms with Crippen molar-refractivity contribution in [3.63, 3.8) is 0 Å². The molecule has 0 spiro atoms. The highest BCUT2D eigenvalue weighted by Gasteiger charge is 2.32. The molecule has 0 atom stereocenters. The van der Waals surface area contributed by atoms with E-state index in [0.717, 1.165) is 6.07 Å². The van der Waals surface area contributed by atoms with Crippen molar-refractivity contribution in [3.05, 3.63) is 23.2 Å². The zero-order valence-corrected chi connectivity index (χ0v) is 10.4. The Morgan fingerprint density at radius 3 is 2.65 bits per heavy atom. The molecule has 0 unspecified atom stereocenters. The molecule has 6 nitrogen and oxygen atoms in total. The van der Waals surface area contributed by atoms with Gasteiger partial charge in [0.25, 0.3) is 0 Å². The highest BCUT2D eigenvalue weighted by molar-refractivity contribution is 6.46. The Bertz CT molecular complexity index is 594. The maximum Gasteiger partial charge on any atom is 0.573 e. The Hall–Kier alpha value is -2.47. The van der Waals surface area contributed by atoms with Gasteiger partial charge < -0.3 is 10.5 Å². The van der Waals surface area contributed by atoms with Gasteiger partial charge in [-0.3, -0.25) is 10.8 Å². The molecule has 0 bridgehead atoms. The molecular weight excluding hydrogens is 299 g/mol. The van der Waals surface area contributed by atoms with Gasteiger partial charge in [0.05, 0.1) is 5.02 Å². The number of hydrogen-bond acceptors (Lipinski definition) is 5. The van der Waals surface area contributed by atoms with Crippen LogP contribution in [0.3, 0.4) is 0 Å². The smallest absolute Gasteiger partial charge is 0.403 e. The van der Waals surface area contributed by atoms with Crippen molar-refractivity contribution in [2.45, 2.75) is 6.36 Å². The molecular formula is C10H7ClF3N5O. The number of nitrogens with zero attached hydrogens (tertiary/aromatic N) is 2. The normalized spacial score (nSPS) is 11.7. The van der Waals surface area contributed by atoms with Crippen LogP contribution in [0.1, 0.15) is 0 Å². The number of alkyl halides is 3. The standard InChI is InChI=1S/C10H7ClF3N5O/c11-5-2-1-3-7(20-10(12,13)14)8(5)19-18-6(4-15)9(16)17/h1-3,19H,(H3,16,17)/b18-6+. The van der Waals surface area contributed by atoms with Gasteiger partial charge in [-0.25, -0.2) is 0 Å². The van der Waals surface area contributed by atoms with E-state index in [1.165, 1.54) is 18.2 Å². The van der Waals surface area contributed by atoms with Crippen molar-refractivity contribution in [3.8, 4) is 11.8 Å². The van der Waals surface area contributed by atoms with E-state index in [0.29, 0.717) is 0 Å². The molecule has 0 saturated heterocycles. The zero-order chi connectivity index (χ0) is 15.3. The van der Waals surface area contributed by atoms with E-state index in [2.05, 4.69) is 15.3 Å². The number of ether oxygens (including phenoxy) is 1. The fourth-order valence-electron chi connectivity index (χ4n) is 1.08. The highest BCUT2D eigenvalue weighted by Crippen LogP contribution is 2.35. The van der Waals surface area contributed by atoms with E-state index in [-0.39, 0.29) is 10.7 Å². The van der Waals surface area contributed by atoms with Crippen LogP contribution in [0, 0.1) is 16.7 Å². The fourth-order valence-corrected chi connectivity index (χ4v) is 1.29. The van der Waals surface area contributed by atoms with Crippen molar-refractivity contribution >= 4 is 28.8 Å². The largest absolute Gasteiger partial charge is 0.573 e. The Labute approximate surface area is 116 Å². The number of para-hydroxylation sites is 1. The molecule has 0 radical (unpaired) electrons. The van der Waals surface area contributed by atoms with Crippen molar-refractivity contribution in [1.82, 2.24) is 0 Å². The van der Waals surface area contributed by atoms with Gasteiger partial charge in [0.2, 0.25) is 5.71 Å². The van der Waals surface area contributed by atoms with E-state index < -0.39 is 23.7 Å². The number of benzene rings is 1. The first-order valence-electron chi connectivity index (χ1n) is 4.87. The first kappa shape index (κ1) is 15.6. The number of anilines is 1. The molecule has 0 aliphatic heterocycles. The van der Waals surface area contributed by atoms with Gasteiger partial charge in [-0.15, -0.1) is 13.2 Å². The van der Waals surface area contributed by atoms with Gasteiger partial charge in [-0.2, -0.15) is 10.4 Å². The Morgan fingerprint density at radius 2 is 2.15 bits per heavy atom. The molecule has 0 fully saturated rings. The second kappa shape index (κ2) is 6.12. The molecule has 1 aromatic rings. The summed E-state index contributed by atoms with van der Waals surface area (Å²) in [5.41, 5.74) is 6.34. The lowest BCUT2D eigenvalue weighted by molar-refractivity contribution is -0.274. The number of hydrogen-bond donors (Lipinski definition) is 3. The van der Waals surface area contributed by atoms with Crippen LogP contribution in [0.2, 0.25) is 5.02 Å². The maximum absolute atomic E-state index is 12.2. The van der Waals surface area contributed by atoms with Crippen molar-refractivity contribution in [2.24, 2.45) is 10.8 Å². The molecule has 0 heterocycles. The van der Waals surface area contributed by atoms with Gasteiger partial charge >= 0.3 is 6.36 Å². The zero-order valence-electron chi connectivity index (χ0n) is 9.62. The predicted octanol–water partition coefficient (Wildman–Crippen LogP) is 2.47. The molecule has 1 rings (SSSR count). The number of halogens is 4. The lowest BCUT2D eigenvalue weighted by atomic mass is 10.3. The minimum absolute atomic E-state index is 0.114. The van der Waals surface area contributed by atoms with Crippen LogP contribution in [0.5, 0.6) is 5.75 Å². The second-order valence-electron chi connectivity index (χ2n) is 3.26. The third-order valence-corrected chi connectivity index (χ3v) is 2.16. The summed E-state index contributed by atoms with van der Waals surface area (Å²) in [5.74, 6) is -1.28. The van der Waals surface area contributed by atoms with E-state index in [9.17, 15) is 13.2 Å². The molecule has 0 aliphatic rings. The van der Waals surface area contributed by atoms with Gasteiger partial charge in [0.15, 0.2) is 11.6 Å². The van der Waals surface area contributed by atoms with Crippen molar-refractivity contribution < 1.29 is 17.9 Å². The summed E-state index contributed by atoms with van der Waals surface area (Å²) >= 11 is 5.72. The topological polar surface area (TPSA) is 107 Å². The molecule has 1 aromatic carbocycles. The summed E-state index contributed by atoms with van der Waals surface area (Å²) in [6.07, 6.45) is -4.91. The first-order chi connectivity index (χ1) is 9.24. The molecule has 0 aliphatic carbocycles. The maximum atomic E-state index is 12.2. The summed E-state index contributed by atoms with van der Waals surface area (Å²) in [6.45, 7) is 0. The molecule has 20 heavy (non-hydrogen) atoms. The molecule has 0 aromatic heterocycles. The van der Waals surface area contributed by atoms with Crippen molar-refractivity contribution in [2.75, 3.05) is 5.43 Å². The van der Waals surface area contributed by atoms with Gasteiger partial charge in [0, 0.05) is 0 Å². The van der Waals surface area contributed by atoms with E-state index in [1.807, 2.05) is 0 Å². The second-order valence-corrected chi connectivity index (χ2v) is 3.67. The Kier molecular flexibility index (Phi) is 4.77. The quantitative estimate of drug-likeness (QED) is 0.451. The van der Waals surface area contributed by atoms with E-state index in [1.54, 1.807) is 0 Å². The van der Waals surface area contributed by atoms with Gasteiger partial charge in [-0.05, 0) is 12.1 Å². The number of hydrazone groups is 1. The third kappa shape index (κ3) is 4.33. The van der Waals surface area contributed by atoms with Crippen LogP contribution in [0.25, 0.3) is 0 Å². The average Bonchev–Trinajstić information content (AvgIpc) is 2.30. The summed E-state index contributed by atoms with van der Waals surface area (Å²) < 4.78 is 40.4. The van der Waals surface area contributed by atoms with Crippen LogP contribution in [-0.2, 0) is 0 Å². The Balaban J connectivity index is 3.12. The number of nitrogens with two attached hydrogens (primary N) is 1. The molecule has 0 amide bonds. The van der Waals surface area contributed by atoms with Crippen LogP contribution >= 0.6 is 11.6 Å². The van der Waals surface area contributed by atoms with Crippen LogP contribution in [-0.4, -0.2) is 17.9 Å². The third-order valence-electron chi connectivity index (χ3n) is 1.84. The SMILES string of the molecule is N#C/C(=N\Nc1c(Cl)cccc1OC(F)(F)F)C(=N)N.